The summed E-state index contributed by atoms with van der Waals surface area (Å²) in [6.07, 6.45) is 2.11. The molecule has 2 aromatic carbocycles. The van der Waals surface area contributed by atoms with Crippen LogP contribution in [-0.4, -0.2) is 17.7 Å². The van der Waals surface area contributed by atoms with Crippen LogP contribution in [0.1, 0.15) is 35.1 Å². The number of nitrogens with one attached hydrogen (secondary N) is 1. The van der Waals surface area contributed by atoms with Crippen molar-refractivity contribution in [2.24, 2.45) is 0 Å². The maximum atomic E-state index is 11.6. The van der Waals surface area contributed by atoms with Crippen molar-refractivity contribution in [2.75, 3.05) is 6.54 Å². The number of aryl methyl sites for hydroxylation is 2. The largest absolute Gasteiger partial charge is 0.379 e. The molecule has 2 N–H and O–H groups in total. The first-order valence-electron chi connectivity index (χ1n) is 7.71. The second-order valence-corrected chi connectivity index (χ2v) is 6.15. The zero-order chi connectivity index (χ0) is 14.9. The van der Waals surface area contributed by atoms with Crippen LogP contribution in [0.3, 0.4) is 0 Å². The Morgan fingerprint density at radius 1 is 0.905 bits per heavy atom. The van der Waals surface area contributed by atoms with Gasteiger partial charge >= 0.3 is 0 Å². The summed E-state index contributed by atoms with van der Waals surface area (Å²) in [4.78, 5) is 0. The van der Waals surface area contributed by atoms with E-state index in [0.29, 0.717) is 0 Å². The highest BCUT2D eigenvalue weighted by Gasteiger charge is 2.41. The summed E-state index contributed by atoms with van der Waals surface area (Å²) in [6, 6.07) is 16.6. The molecule has 1 aliphatic heterocycles. The second kappa shape index (κ2) is 5.63. The van der Waals surface area contributed by atoms with Gasteiger partial charge in [0.05, 0.1) is 0 Å². The molecule has 1 saturated heterocycles. The van der Waals surface area contributed by atoms with E-state index in [-0.39, 0.29) is 6.04 Å². The van der Waals surface area contributed by atoms with Crippen LogP contribution < -0.4 is 5.32 Å². The Labute approximate surface area is 126 Å². The molecule has 1 atom stereocenters. The van der Waals surface area contributed by atoms with Gasteiger partial charge < -0.3 is 10.4 Å². The zero-order valence-electron chi connectivity index (χ0n) is 12.8. The lowest BCUT2D eigenvalue weighted by Crippen LogP contribution is -2.46. The standard InChI is InChI=1S/C19H23NO/c1-14-5-9-16(10-6-14)19(21,18-4-3-13-20-18)17-11-7-15(2)8-12-17/h5-12,18,20-21H,3-4,13H2,1-2H3. The van der Waals surface area contributed by atoms with Crippen LogP contribution >= 0.6 is 0 Å². The van der Waals surface area contributed by atoms with E-state index in [4.69, 9.17) is 0 Å². The first-order valence-corrected chi connectivity index (χ1v) is 7.71. The molecule has 0 spiro atoms. The van der Waals surface area contributed by atoms with Crippen molar-refractivity contribution < 1.29 is 5.11 Å². The third kappa shape index (κ3) is 2.61. The monoisotopic (exact) mass is 281 g/mol. The lowest BCUT2D eigenvalue weighted by atomic mass is 9.79. The molecule has 2 nitrogen and oxygen atoms in total. The molecular weight excluding hydrogens is 258 g/mol. The van der Waals surface area contributed by atoms with Gasteiger partial charge in [-0.05, 0) is 44.4 Å². The van der Waals surface area contributed by atoms with E-state index in [9.17, 15) is 5.11 Å². The molecule has 110 valence electrons. The molecule has 0 bridgehead atoms. The van der Waals surface area contributed by atoms with Crippen molar-refractivity contribution in [3.05, 3.63) is 70.8 Å². The lowest BCUT2D eigenvalue weighted by Gasteiger charge is -2.35. The van der Waals surface area contributed by atoms with Crippen molar-refractivity contribution in [3.63, 3.8) is 0 Å². The predicted molar refractivity (Wildman–Crippen MR) is 86.4 cm³/mol. The van der Waals surface area contributed by atoms with Gasteiger partial charge in [-0.3, -0.25) is 0 Å². The summed E-state index contributed by atoms with van der Waals surface area (Å²) in [5, 5.41) is 15.0. The Morgan fingerprint density at radius 2 is 1.38 bits per heavy atom. The number of aliphatic hydroxyl groups is 1. The van der Waals surface area contributed by atoms with Crippen LogP contribution in [0.25, 0.3) is 0 Å². The van der Waals surface area contributed by atoms with E-state index in [1.165, 1.54) is 11.1 Å². The Kier molecular flexibility index (Phi) is 3.83. The first kappa shape index (κ1) is 14.3. The van der Waals surface area contributed by atoms with E-state index in [1.54, 1.807) is 0 Å². The highest BCUT2D eigenvalue weighted by Crippen LogP contribution is 2.36. The predicted octanol–water partition coefficient (Wildman–Crippen LogP) is 3.29. The van der Waals surface area contributed by atoms with Crippen molar-refractivity contribution in [2.45, 2.75) is 38.3 Å². The van der Waals surface area contributed by atoms with Gasteiger partial charge in [0.2, 0.25) is 0 Å². The van der Waals surface area contributed by atoms with Crippen molar-refractivity contribution >= 4 is 0 Å². The summed E-state index contributed by atoms with van der Waals surface area (Å²) >= 11 is 0. The molecule has 0 saturated carbocycles. The molecule has 2 aromatic rings. The van der Waals surface area contributed by atoms with E-state index in [0.717, 1.165) is 30.5 Å². The quantitative estimate of drug-likeness (QED) is 0.905. The fourth-order valence-corrected chi connectivity index (χ4v) is 3.23. The smallest absolute Gasteiger partial charge is 0.130 e. The van der Waals surface area contributed by atoms with E-state index < -0.39 is 5.60 Å². The van der Waals surface area contributed by atoms with Gasteiger partial charge in [-0.2, -0.15) is 0 Å². The van der Waals surface area contributed by atoms with Gasteiger partial charge in [0, 0.05) is 6.04 Å². The first-order chi connectivity index (χ1) is 10.1. The Balaban J connectivity index is 2.09. The lowest BCUT2D eigenvalue weighted by molar-refractivity contribution is 0.0442. The van der Waals surface area contributed by atoms with Gasteiger partial charge in [-0.15, -0.1) is 0 Å². The van der Waals surface area contributed by atoms with Gasteiger partial charge in [0.25, 0.3) is 0 Å². The van der Waals surface area contributed by atoms with Crippen molar-refractivity contribution in [1.82, 2.24) is 5.32 Å². The molecule has 1 heterocycles. The summed E-state index contributed by atoms with van der Waals surface area (Å²) in [5.74, 6) is 0. The summed E-state index contributed by atoms with van der Waals surface area (Å²) in [6.45, 7) is 5.12. The van der Waals surface area contributed by atoms with E-state index in [2.05, 4.69) is 67.7 Å². The molecule has 21 heavy (non-hydrogen) atoms. The van der Waals surface area contributed by atoms with Crippen molar-refractivity contribution in [3.8, 4) is 0 Å². The molecule has 0 aromatic heterocycles. The fourth-order valence-electron chi connectivity index (χ4n) is 3.23. The van der Waals surface area contributed by atoms with Crippen LogP contribution in [0.2, 0.25) is 0 Å². The van der Waals surface area contributed by atoms with Gasteiger partial charge in [0.15, 0.2) is 0 Å². The topological polar surface area (TPSA) is 32.3 Å². The minimum Gasteiger partial charge on any atom is -0.379 e. The molecule has 3 rings (SSSR count). The molecule has 0 aliphatic carbocycles. The minimum absolute atomic E-state index is 0.0721. The molecule has 0 amide bonds. The second-order valence-electron chi connectivity index (χ2n) is 6.15. The number of hydrogen-bond acceptors (Lipinski definition) is 2. The average Bonchev–Trinajstić information content (AvgIpc) is 3.02. The number of benzene rings is 2. The maximum absolute atomic E-state index is 11.6. The molecular formula is C19H23NO. The maximum Gasteiger partial charge on any atom is 0.130 e. The normalized spacial score (nSPS) is 18.9. The highest BCUT2D eigenvalue weighted by atomic mass is 16.3. The van der Waals surface area contributed by atoms with E-state index in [1.807, 2.05) is 0 Å². The molecule has 1 aliphatic rings. The Bertz CT molecular complexity index is 549. The minimum atomic E-state index is -0.960. The summed E-state index contributed by atoms with van der Waals surface area (Å²) in [5.41, 5.74) is 3.40. The van der Waals surface area contributed by atoms with Gasteiger partial charge in [-0.1, -0.05) is 59.7 Å². The highest BCUT2D eigenvalue weighted by molar-refractivity contribution is 5.40. The van der Waals surface area contributed by atoms with Gasteiger partial charge in [-0.25, -0.2) is 0 Å². The van der Waals surface area contributed by atoms with Crippen LogP contribution in [0.4, 0.5) is 0 Å². The molecule has 1 fully saturated rings. The summed E-state index contributed by atoms with van der Waals surface area (Å²) < 4.78 is 0. The number of hydrogen-bond donors (Lipinski definition) is 2. The number of rotatable bonds is 3. The van der Waals surface area contributed by atoms with E-state index >= 15 is 0 Å². The van der Waals surface area contributed by atoms with Crippen LogP contribution in [0, 0.1) is 13.8 Å². The fraction of sp³-hybridized carbons (Fsp3) is 0.368. The molecule has 1 unspecified atom stereocenters. The van der Waals surface area contributed by atoms with Crippen molar-refractivity contribution in [1.29, 1.82) is 0 Å². The van der Waals surface area contributed by atoms with Crippen LogP contribution in [0.15, 0.2) is 48.5 Å². The molecule has 2 heteroatoms. The van der Waals surface area contributed by atoms with Crippen LogP contribution in [-0.2, 0) is 5.60 Å². The van der Waals surface area contributed by atoms with Gasteiger partial charge in [0.1, 0.15) is 5.60 Å². The van der Waals surface area contributed by atoms with Crippen LogP contribution in [0.5, 0.6) is 0 Å². The Hall–Kier alpha value is -1.64. The Morgan fingerprint density at radius 3 is 1.76 bits per heavy atom. The third-order valence-electron chi connectivity index (χ3n) is 4.55. The average molecular weight is 281 g/mol. The third-order valence-corrected chi connectivity index (χ3v) is 4.55. The molecule has 0 radical (unpaired) electrons. The summed E-state index contributed by atoms with van der Waals surface area (Å²) in [7, 11) is 0. The SMILES string of the molecule is Cc1ccc(C(O)(c2ccc(C)cc2)C2CCCN2)cc1. The zero-order valence-corrected chi connectivity index (χ0v) is 12.8.